The van der Waals surface area contributed by atoms with Gasteiger partial charge in [-0.2, -0.15) is 0 Å². The first-order chi connectivity index (χ1) is 8.52. The van der Waals surface area contributed by atoms with E-state index in [1.807, 2.05) is 18.2 Å². The van der Waals surface area contributed by atoms with Crippen LogP contribution < -0.4 is 4.74 Å². The van der Waals surface area contributed by atoms with Crippen LogP contribution in [0.3, 0.4) is 0 Å². The van der Waals surface area contributed by atoms with Crippen LogP contribution in [-0.2, 0) is 0 Å². The van der Waals surface area contributed by atoms with Crippen molar-refractivity contribution in [3.05, 3.63) is 48.5 Å². The molecular formula is C13H11Br2ClOS. The van der Waals surface area contributed by atoms with E-state index in [4.69, 9.17) is 16.3 Å². The molecule has 2 aromatic rings. The van der Waals surface area contributed by atoms with Gasteiger partial charge in [-0.25, -0.2) is 0 Å². The van der Waals surface area contributed by atoms with Crippen LogP contribution in [0.25, 0.3) is 0 Å². The first kappa shape index (κ1) is 14.4. The summed E-state index contributed by atoms with van der Waals surface area (Å²) in [4.78, 5) is 2.38. The fourth-order valence-electron chi connectivity index (χ4n) is 1.61. The minimum atomic E-state index is -0.137. The number of rotatable bonds is 3. The Hall–Kier alpha value is -0.0300. The Balaban J connectivity index is 2.33. The van der Waals surface area contributed by atoms with Gasteiger partial charge in [-0.1, -0.05) is 6.07 Å². The predicted octanol–water partition coefficient (Wildman–Crippen LogP) is 5.92. The second kappa shape index (κ2) is 5.95. The molecule has 1 aromatic carbocycles. The lowest BCUT2D eigenvalue weighted by Gasteiger charge is -2.10. The summed E-state index contributed by atoms with van der Waals surface area (Å²) in [6, 6.07) is 7.99. The third-order valence-electron chi connectivity index (χ3n) is 2.59. The fourth-order valence-corrected chi connectivity index (χ4v) is 4.07. The molecule has 0 aliphatic heterocycles. The van der Waals surface area contributed by atoms with E-state index < -0.39 is 0 Å². The Morgan fingerprint density at radius 2 is 1.94 bits per heavy atom. The van der Waals surface area contributed by atoms with Gasteiger partial charge in [0.15, 0.2) is 0 Å². The molecule has 0 radical (unpaired) electrons. The Kier molecular flexibility index (Phi) is 4.75. The van der Waals surface area contributed by atoms with Crippen LogP contribution in [0, 0.1) is 6.92 Å². The molecule has 5 heteroatoms. The van der Waals surface area contributed by atoms with Gasteiger partial charge in [0.25, 0.3) is 0 Å². The highest BCUT2D eigenvalue weighted by atomic mass is 79.9. The summed E-state index contributed by atoms with van der Waals surface area (Å²) in [5.74, 6) is 0.811. The molecule has 0 spiro atoms. The minimum absolute atomic E-state index is 0.137. The molecule has 0 saturated carbocycles. The summed E-state index contributed by atoms with van der Waals surface area (Å²) >= 11 is 15.2. The van der Waals surface area contributed by atoms with Crippen LogP contribution in [0.1, 0.15) is 20.7 Å². The molecule has 0 bridgehead atoms. The van der Waals surface area contributed by atoms with Gasteiger partial charge in [-0.15, -0.1) is 22.9 Å². The first-order valence-corrected chi connectivity index (χ1v) is 8.10. The van der Waals surface area contributed by atoms with Gasteiger partial charge in [0.2, 0.25) is 0 Å². The van der Waals surface area contributed by atoms with E-state index in [0.717, 1.165) is 25.1 Å². The van der Waals surface area contributed by atoms with Crippen molar-refractivity contribution in [3.63, 3.8) is 0 Å². The lowest BCUT2D eigenvalue weighted by molar-refractivity contribution is 0.412. The molecule has 18 heavy (non-hydrogen) atoms. The van der Waals surface area contributed by atoms with E-state index >= 15 is 0 Å². The van der Waals surface area contributed by atoms with Crippen LogP contribution in [0.4, 0.5) is 0 Å². The van der Waals surface area contributed by atoms with Gasteiger partial charge in [0, 0.05) is 14.2 Å². The number of hydrogen-bond acceptors (Lipinski definition) is 2. The molecule has 2 rings (SSSR count). The van der Waals surface area contributed by atoms with E-state index in [0.29, 0.717) is 0 Å². The quantitative estimate of drug-likeness (QED) is 0.571. The number of hydrogen-bond donors (Lipinski definition) is 0. The summed E-state index contributed by atoms with van der Waals surface area (Å²) in [5, 5.41) is -0.137. The smallest absolute Gasteiger partial charge is 0.133 e. The van der Waals surface area contributed by atoms with Crippen molar-refractivity contribution in [3.8, 4) is 5.75 Å². The van der Waals surface area contributed by atoms with Crippen LogP contribution >= 0.6 is 54.8 Å². The zero-order valence-electron chi connectivity index (χ0n) is 9.84. The van der Waals surface area contributed by atoms with Crippen LogP contribution in [-0.4, -0.2) is 7.11 Å². The average Bonchev–Trinajstić information content (AvgIpc) is 2.68. The maximum Gasteiger partial charge on any atom is 0.133 e. The van der Waals surface area contributed by atoms with Crippen molar-refractivity contribution >= 4 is 54.8 Å². The molecule has 1 unspecified atom stereocenters. The molecular weight excluding hydrogens is 399 g/mol. The van der Waals surface area contributed by atoms with Gasteiger partial charge >= 0.3 is 0 Å². The Labute approximate surface area is 132 Å². The topological polar surface area (TPSA) is 9.23 Å². The lowest BCUT2D eigenvalue weighted by atomic mass is 10.1. The largest absolute Gasteiger partial charge is 0.496 e. The Bertz CT molecular complexity index is 549. The molecule has 0 fully saturated rings. The molecule has 0 aliphatic carbocycles. The standard InChI is InChI=1S/C13H11Br2ClOS/c1-7-9(14)6-12(18-7)13(16)8-3-4-11(17-2)10(15)5-8/h3-6,13H,1-2H3. The second-order valence-electron chi connectivity index (χ2n) is 3.81. The van der Waals surface area contributed by atoms with Gasteiger partial charge in [0.05, 0.1) is 17.0 Å². The van der Waals surface area contributed by atoms with Gasteiger partial charge in [-0.05, 0) is 62.5 Å². The highest BCUT2D eigenvalue weighted by molar-refractivity contribution is 9.10. The van der Waals surface area contributed by atoms with Crippen LogP contribution in [0.15, 0.2) is 33.2 Å². The summed E-state index contributed by atoms with van der Waals surface area (Å²) < 4.78 is 7.24. The summed E-state index contributed by atoms with van der Waals surface area (Å²) in [6.07, 6.45) is 0. The van der Waals surface area contributed by atoms with Gasteiger partial charge in [0.1, 0.15) is 5.75 Å². The molecule has 1 heterocycles. The van der Waals surface area contributed by atoms with Gasteiger partial charge < -0.3 is 4.74 Å². The summed E-state index contributed by atoms with van der Waals surface area (Å²) in [6.45, 7) is 2.08. The normalized spacial score (nSPS) is 12.5. The lowest BCUT2D eigenvalue weighted by Crippen LogP contribution is -1.92. The third-order valence-corrected chi connectivity index (χ3v) is 6.03. The zero-order valence-corrected chi connectivity index (χ0v) is 14.6. The van der Waals surface area contributed by atoms with Crippen molar-refractivity contribution in [1.29, 1.82) is 0 Å². The summed E-state index contributed by atoms with van der Waals surface area (Å²) in [5.41, 5.74) is 1.05. The number of halogens is 3. The number of benzene rings is 1. The molecule has 1 aromatic heterocycles. The molecule has 0 aliphatic rings. The molecule has 0 N–H and O–H groups in total. The highest BCUT2D eigenvalue weighted by Gasteiger charge is 2.16. The third kappa shape index (κ3) is 2.93. The van der Waals surface area contributed by atoms with Crippen LogP contribution in [0.5, 0.6) is 5.75 Å². The predicted molar refractivity (Wildman–Crippen MR) is 85.1 cm³/mol. The first-order valence-electron chi connectivity index (χ1n) is 5.26. The average molecular weight is 411 g/mol. The maximum absolute atomic E-state index is 6.51. The van der Waals surface area contributed by atoms with Gasteiger partial charge in [-0.3, -0.25) is 0 Å². The Morgan fingerprint density at radius 1 is 1.22 bits per heavy atom. The second-order valence-corrected chi connectivity index (χ2v) is 7.24. The molecule has 1 nitrogen and oxygen atoms in total. The number of alkyl halides is 1. The number of methoxy groups -OCH3 is 1. The van der Waals surface area contributed by atoms with Crippen molar-refractivity contribution in [2.75, 3.05) is 7.11 Å². The van der Waals surface area contributed by atoms with Crippen molar-refractivity contribution < 1.29 is 4.74 Å². The fraction of sp³-hybridized carbons (Fsp3) is 0.231. The van der Waals surface area contributed by atoms with E-state index in [2.05, 4.69) is 44.8 Å². The van der Waals surface area contributed by atoms with Crippen LogP contribution in [0.2, 0.25) is 0 Å². The zero-order chi connectivity index (χ0) is 13.3. The van der Waals surface area contributed by atoms with Crippen molar-refractivity contribution in [2.45, 2.75) is 12.3 Å². The van der Waals surface area contributed by atoms with Crippen molar-refractivity contribution in [1.82, 2.24) is 0 Å². The van der Waals surface area contributed by atoms with E-state index in [-0.39, 0.29) is 5.38 Å². The van der Waals surface area contributed by atoms with E-state index in [9.17, 15) is 0 Å². The minimum Gasteiger partial charge on any atom is -0.496 e. The Morgan fingerprint density at radius 3 is 2.44 bits per heavy atom. The monoisotopic (exact) mass is 408 g/mol. The SMILES string of the molecule is COc1ccc(C(Cl)c2cc(Br)c(C)s2)cc1Br. The molecule has 0 saturated heterocycles. The van der Waals surface area contributed by atoms with E-state index in [1.54, 1.807) is 18.4 Å². The maximum atomic E-state index is 6.51. The van der Waals surface area contributed by atoms with E-state index in [1.165, 1.54) is 4.88 Å². The molecule has 96 valence electrons. The summed E-state index contributed by atoms with van der Waals surface area (Å²) in [7, 11) is 1.65. The number of ether oxygens (including phenoxy) is 1. The number of aryl methyl sites for hydroxylation is 1. The van der Waals surface area contributed by atoms with Crippen molar-refractivity contribution in [2.24, 2.45) is 0 Å². The molecule has 0 amide bonds. The highest BCUT2D eigenvalue weighted by Crippen LogP contribution is 2.39. The number of thiophene rings is 1. The molecule has 1 atom stereocenters.